The van der Waals surface area contributed by atoms with Crippen LogP contribution in [-0.2, 0) is 9.47 Å². The van der Waals surface area contributed by atoms with E-state index in [1.165, 1.54) is 34.3 Å². The average Bonchev–Trinajstić information content (AvgIpc) is 3.53. The smallest absolute Gasteiger partial charge is 0.416 e. The van der Waals surface area contributed by atoms with E-state index in [1.54, 1.807) is 35.7 Å². The Bertz CT molecular complexity index is 1330. The number of amides is 2. The molecule has 2 aromatic carbocycles. The lowest BCUT2D eigenvalue weighted by Crippen LogP contribution is -2.49. The minimum absolute atomic E-state index is 0.0409. The topological polar surface area (TPSA) is 78.5 Å². The van der Waals surface area contributed by atoms with Crippen LogP contribution >= 0.6 is 23.6 Å². The van der Waals surface area contributed by atoms with Crippen molar-refractivity contribution < 1.29 is 23.5 Å². The van der Waals surface area contributed by atoms with Crippen LogP contribution in [0.15, 0.2) is 41.9 Å². The number of fused-ring (bicyclic) bond motifs is 1. The van der Waals surface area contributed by atoms with Crippen molar-refractivity contribution in [1.29, 1.82) is 0 Å². The number of thiocarbonyl (C=S) groups is 1. The van der Waals surface area contributed by atoms with E-state index in [-0.39, 0.29) is 17.6 Å². The number of benzene rings is 2. The Hall–Kier alpha value is -3.51. The first kappa shape index (κ1) is 24.2. The molecule has 0 saturated carbocycles. The van der Waals surface area contributed by atoms with Gasteiger partial charge in [0.1, 0.15) is 5.82 Å². The molecule has 3 aromatic rings. The minimum Gasteiger partial charge on any atom is -0.474 e. The van der Waals surface area contributed by atoms with Crippen molar-refractivity contribution in [1.82, 2.24) is 14.8 Å². The fourth-order valence-electron chi connectivity index (χ4n) is 4.36. The normalized spacial score (nSPS) is 17.9. The maximum absolute atomic E-state index is 15.1. The van der Waals surface area contributed by atoms with Crippen LogP contribution in [0.1, 0.15) is 10.4 Å². The maximum atomic E-state index is 15.1. The summed E-state index contributed by atoms with van der Waals surface area (Å²) < 4.78 is 26.5. The van der Waals surface area contributed by atoms with Gasteiger partial charge in [0.25, 0.3) is 11.1 Å². The molecular formula is C24H24FN5O4S2. The Balaban J connectivity index is 1.23. The van der Waals surface area contributed by atoms with Gasteiger partial charge in [-0.15, -0.1) is 11.3 Å². The number of nitrogens with zero attached hydrogens (tertiary/aromatic N) is 5. The van der Waals surface area contributed by atoms with Crippen LogP contribution in [0.25, 0.3) is 10.2 Å². The third-order valence-electron chi connectivity index (χ3n) is 6.42. The summed E-state index contributed by atoms with van der Waals surface area (Å²) >= 11 is 6.59. The van der Waals surface area contributed by atoms with Gasteiger partial charge in [-0.2, -0.15) is 0 Å². The van der Waals surface area contributed by atoms with E-state index in [2.05, 4.69) is 4.98 Å². The second-order valence-electron chi connectivity index (χ2n) is 8.48. The molecule has 0 radical (unpaired) electrons. The molecule has 2 aliphatic heterocycles. The van der Waals surface area contributed by atoms with Crippen LogP contribution in [0, 0.1) is 5.82 Å². The highest BCUT2D eigenvalue weighted by molar-refractivity contribution is 7.80. The quantitative estimate of drug-likeness (QED) is 0.475. The molecule has 12 heteroatoms. The zero-order chi connectivity index (χ0) is 25.4. The largest absolute Gasteiger partial charge is 0.474 e. The summed E-state index contributed by atoms with van der Waals surface area (Å²) in [6.07, 6.45) is -1.21. The fraction of sp³-hybridized carbons (Fsp3) is 0.333. The van der Waals surface area contributed by atoms with Crippen molar-refractivity contribution in [2.45, 2.75) is 6.23 Å². The van der Waals surface area contributed by atoms with Crippen molar-refractivity contribution >= 4 is 62.3 Å². The zero-order valence-corrected chi connectivity index (χ0v) is 21.4. The second-order valence-corrected chi connectivity index (χ2v) is 9.72. The Labute approximate surface area is 216 Å². The summed E-state index contributed by atoms with van der Waals surface area (Å²) in [5.74, 6) is -0.485. The van der Waals surface area contributed by atoms with Gasteiger partial charge in [0.15, 0.2) is 6.23 Å². The molecule has 2 fully saturated rings. The molecular weight excluding hydrogens is 505 g/mol. The first-order chi connectivity index (χ1) is 17.4. The Morgan fingerprint density at radius 2 is 2.00 bits per heavy atom. The number of likely N-dealkylation sites (N-methyl/N-ethyl adjacent to an activating group) is 1. The van der Waals surface area contributed by atoms with E-state index in [9.17, 15) is 9.59 Å². The molecule has 3 heterocycles. The molecule has 1 atom stereocenters. The summed E-state index contributed by atoms with van der Waals surface area (Å²) in [5, 5.41) is 0.192. The molecule has 2 aliphatic rings. The zero-order valence-electron chi connectivity index (χ0n) is 19.7. The standard InChI is InChI=1S/C24H24FN5O4S2/c1-27(24(35)33-2)21-13-30(23(32)34-21)16-4-6-19(17(25)12-16)28-7-9-29(10-8-28)22(31)15-3-5-18-20(11-15)36-14-26-18/h3-6,11-12,14,21H,7-10,13H2,1-2H3. The van der Waals surface area contributed by atoms with Crippen LogP contribution in [-0.4, -0.2) is 85.1 Å². The number of rotatable bonds is 4. The first-order valence-corrected chi connectivity index (χ1v) is 12.6. The van der Waals surface area contributed by atoms with Gasteiger partial charge < -0.3 is 19.3 Å². The lowest BCUT2D eigenvalue weighted by atomic mass is 10.1. The molecule has 0 spiro atoms. The highest BCUT2D eigenvalue weighted by atomic mass is 32.1. The van der Waals surface area contributed by atoms with Gasteiger partial charge in [-0.1, -0.05) is 0 Å². The number of halogens is 1. The predicted molar refractivity (Wildman–Crippen MR) is 139 cm³/mol. The van der Waals surface area contributed by atoms with Crippen LogP contribution in [0.5, 0.6) is 0 Å². The number of anilines is 2. The van der Waals surface area contributed by atoms with E-state index in [0.29, 0.717) is 43.1 Å². The molecule has 188 valence electrons. The number of methoxy groups -OCH3 is 1. The van der Waals surface area contributed by atoms with Crippen LogP contribution in [0.2, 0.25) is 0 Å². The monoisotopic (exact) mass is 529 g/mol. The number of hydrogen-bond acceptors (Lipinski definition) is 8. The molecule has 0 N–H and O–H groups in total. The van der Waals surface area contributed by atoms with E-state index < -0.39 is 18.1 Å². The summed E-state index contributed by atoms with van der Waals surface area (Å²) in [6.45, 7) is 2.14. The third-order valence-corrected chi connectivity index (χ3v) is 7.67. The summed E-state index contributed by atoms with van der Waals surface area (Å²) in [5.41, 5.74) is 4.09. The van der Waals surface area contributed by atoms with Gasteiger partial charge >= 0.3 is 6.09 Å². The van der Waals surface area contributed by atoms with Gasteiger partial charge in [-0.05, 0) is 48.6 Å². The Morgan fingerprint density at radius 1 is 1.22 bits per heavy atom. The first-order valence-electron chi connectivity index (χ1n) is 11.3. The fourth-order valence-corrected chi connectivity index (χ4v) is 5.20. The highest BCUT2D eigenvalue weighted by Gasteiger charge is 2.36. The van der Waals surface area contributed by atoms with Crippen molar-refractivity contribution in [2.24, 2.45) is 0 Å². The molecule has 0 aliphatic carbocycles. The van der Waals surface area contributed by atoms with Crippen molar-refractivity contribution in [3.8, 4) is 0 Å². The third kappa shape index (κ3) is 4.53. The van der Waals surface area contributed by atoms with Crippen molar-refractivity contribution in [2.75, 3.05) is 56.7 Å². The molecule has 1 unspecified atom stereocenters. The Kier molecular flexibility index (Phi) is 6.63. The number of ether oxygens (including phenoxy) is 2. The minimum atomic E-state index is -0.630. The van der Waals surface area contributed by atoms with E-state index in [1.807, 2.05) is 17.0 Å². The van der Waals surface area contributed by atoms with E-state index in [0.717, 1.165) is 10.2 Å². The highest BCUT2D eigenvalue weighted by Crippen LogP contribution is 2.29. The van der Waals surface area contributed by atoms with Crippen LogP contribution in [0.4, 0.5) is 20.6 Å². The predicted octanol–water partition coefficient (Wildman–Crippen LogP) is 3.54. The van der Waals surface area contributed by atoms with Crippen LogP contribution in [0.3, 0.4) is 0 Å². The molecule has 2 amide bonds. The number of piperazine rings is 1. The lowest BCUT2D eigenvalue weighted by molar-refractivity contribution is 0.0677. The lowest BCUT2D eigenvalue weighted by Gasteiger charge is -2.36. The summed E-state index contributed by atoms with van der Waals surface area (Å²) in [6, 6.07) is 10.2. The molecule has 9 nitrogen and oxygen atoms in total. The number of aromatic nitrogens is 1. The number of thiazole rings is 1. The van der Waals surface area contributed by atoms with Gasteiger partial charge in [0.05, 0.1) is 40.8 Å². The second kappa shape index (κ2) is 9.86. The average molecular weight is 530 g/mol. The number of carbonyl (C=O) groups excluding carboxylic acids is 2. The van der Waals surface area contributed by atoms with Gasteiger partial charge in [0, 0.05) is 38.8 Å². The number of cyclic esters (lactones) is 1. The van der Waals surface area contributed by atoms with Gasteiger partial charge in [0.2, 0.25) is 0 Å². The van der Waals surface area contributed by atoms with Gasteiger partial charge in [-0.25, -0.2) is 14.2 Å². The van der Waals surface area contributed by atoms with E-state index in [4.69, 9.17) is 21.7 Å². The molecule has 36 heavy (non-hydrogen) atoms. The van der Waals surface area contributed by atoms with Crippen molar-refractivity contribution in [3.63, 3.8) is 0 Å². The van der Waals surface area contributed by atoms with Crippen molar-refractivity contribution in [3.05, 3.63) is 53.3 Å². The van der Waals surface area contributed by atoms with E-state index >= 15 is 4.39 Å². The van der Waals surface area contributed by atoms with Crippen LogP contribution < -0.4 is 9.80 Å². The molecule has 1 aromatic heterocycles. The maximum Gasteiger partial charge on any atom is 0.416 e. The molecule has 0 bridgehead atoms. The van der Waals surface area contributed by atoms with Gasteiger partial charge in [-0.3, -0.25) is 14.6 Å². The molecule has 5 rings (SSSR count). The Morgan fingerprint density at radius 3 is 2.72 bits per heavy atom. The number of hydrogen-bond donors (Lipinski definition) is 0. The number of carbonyl (C=O) groups is 2. The summed E-state index contributed by atoms with van der Waals surface area (Å²) in [4.78, 5) is 36.2. The molecule has 2 saturated heterocycles. The summed E-state index contributed by atoms with van der Waals surface area (Å²) in [7, 11) is 3.11. The SMILES string of the molecule is COC(=S)N(C)C1CN(c2ccc(N3CCN(C(=O)c4ccc5ncsc5c4)CC3)c(F)c2)C(=O)O1.